The maximum absolute atomic E-state index is 12.6. The number of hydrazone groups is 1. The van der Waals surface area contributed by atoms with Gasteiger partial charge >= 0.3 is 0 Å². The van der Waals surface area contributed by atoms with Crippen LogP contribution in [0.1, 0.15) is 33.0 Å². The number of aromatic nitrogens is 2. The standard InChI is InChI=1S/C24H22N4O/c1-16-13-20(18(3)28(16)21-10-5-4-6-11-21)15-25-27-24(29)22-14-19-9-7-8-12-23(19)26-17(22)2/h4-15H,1-3H3,(H,27,29). The van der Waals surface area contributed by atoms with Crippen molar-refractivity contribution in [2.45, 2.75) is 20.8 Å². The molecule has 2 heterocycles. The summed E-state index contributed by atoms with van der Waals surface area (Å²) in [5.41, 5.74) is 8.94. The molecular formula is C24H22N4O. The molecule has 0 fully saturated rings. The van der Waals surface area contributed by atoms with Crippen molar-refractivity contribution in [3.63, 3.8) is 0 Å². The molecule has 0 aliphatic carbocycles. The maximum Gasteiger partial charge on any atom is 0.273 e. The second-order valence-electron chi connectivity index (χ2n) is 7.01. The lowest BCUT2D eigenvalue weighted by atomic mass is 10.1. The van der Waals surface area contributed by atoms with Gasteiger partial charge in [-0.15, -0.1) is 0 Å². The molecule has 0 bridgehead atoms. The molecule has 1 N–H and O–H groups in total. The van der Waals surface area contributed by atoms with Crippen molar-refractivity contribution in [1.82, 2.24) is 15.0 Å². The third-order valence-corrected chi connectivity index (χ3v) is 5.01. The first-order valence-corrected chi connectivity index (χ1v) is 9.49. The Morgan fingerprint density at radius 2 is 1.72 bits per heavy atom. The molecule has 29 heavy (non-hydrogen) atoms. The van der Waals surface area contributed by atoms with E-state index in [-0.39, 0.29) is 5.91 Å². The van der Waals surface area contributed by atoms with E-state index in [9.17, 15) is 4.79 Å². The molecule has 5 heteroatoms. The number of carbonyl (C=O) groups excluding carboxylic acids is 1. The molecule has 0 aliphatic rings. The Bertz CT molecular complexity index is 1220. The molecule has 2 aromatic carbocycles. The average molecular weight is 382 g/mol. The highest BCUT2D eigenvalue weighted by Gasteiger charge is 2.12. The van der Waals surface area contributed by atoms with E-state index in [0.717, 1.165) is 33.5 Å². The zero-order valence-electron chi connectivity index (χ0n) is 16.7. The molecule has 0 spiro atoms. The smallest absolute Gasteiger partial charge is 0.273 e. The van der Waals surface area contributed by atoms with Crippen LogP contribution in [-0.2, 0) is 0 Å². The van der Waals surface area contributed by atoms with Gasteiger partial charge in [0.05, 0.1) is 23.0 Å². The zero-order chi connectivity index (χ0) is 20.4. The van der Waals surface area contributed by atoms with Gasteiger partial charge in [-0.1, -0.05) is 36.4 Å². The van der Waals surface area contributed by atoms with Gasteiger partial charge in [-0.05, 0) is 51.1 Å². The van der Waals surface area contributed by atoms with Crippen LogP contribution in [0.3, 0.4) is 0 Å². The van der Waals surface area contributed by atoms with E-state index in [1.54, 1.807) is 6.21 Å². The van der Waals surface area contributed by atoms with Gasteiger partial charge in [-0.25, -0.2) is 5.43 Å². The van der Waals surface area contributed by atoms with Gasteiger partial charge in [0.1, 0.15) is 0 Å². The number of amides is 1. The molecule has 0 saturated carbocycles. The summed E-state index contributed by atoms with van der Waals surface area (Å²) >= 11 is 0. The minimum atomic E-state index is -0.270. The van der Waals surface area contributed by atoms with E-state index in [1.165, 1.54) is 0 Å². The Morgan fingerprint density at radius 1 is 1.00 bits per heavy atom. The summed E-state index contributed by atoms with van der Waals surface area (Å²) in [6.07, 6.45) is 1.68. The lowest BCUT2D eigenvalue weighted by molar-refractivity contribution is 0.0954. The summed E-state index contributed by atoms with van der Waals surface area (Å²) in [4.78, 5) is 17.1. The molecule has 4 rings (SSSR count). The van der Waals surface area contributed by atoms with Crippen LogP contribution in [0.15, 0.2) is 71.8 Å². The molecule has 0 radical (unpaired) electrons. The van der Waals surface area contributed by atoms with Crippen LogP contribution < -0.4 is 5.43 Å². The van der Waals surface area contributed by atoms with Gasteiger partial charge in [0.25, 0.3) is 5.91 Å². The minimum absolute atomic E-state index is 0.270. The SMILES string of the molecule is Cc1nc2ccccc2cc1C(=O)NN=Cc1cc(C)n(-c2ccccc2)c1C. The normalized spacial score (nSPS) is 11.3. The van der Waals surface area contributed by atoms with E-state index in [0.29, 0.717) is 11.3 Å². The molecule has 1 amide bonds. The Kier molecular flexibility index (Phi) is 4.96. The van der Waals surface area contributed by atoms with Gasteiger partial charge in [0.15, 0.2) is 0 Å². The molecule has 2 aromatic heterocycles. The molecule has 0 aliphatic heterocycles. The van der Waals surface area contributed by atoms with E-state index < -0.39 is 0 Å². The lowest BCUT2D eigenvalue weighted by Gasteiger charge is -2.09. The van der Waals surface area contributed by atoms with Crippen molar-refractivity contribution < 1.29 is 4.79 Å². The topological polar surface area (TPSA) is 59.3 Å². The van der Waals surface area contributed by atoms with Crippen LogP contribution in [0.5, 0.6) is 0 Å². The fraction of sp³-hybridized carbons (Fsp3) is 0.125. The first-order chi connectivity index (χ1) is 14.0. The predicted molar refractivity (Wildman–Crippen MR) is 117 cm³/mol. The van der Waals surface area contributed by atoms with Gasteiger partial charge in [-0.3, -0.25) is 9.78 Å². The zero-order valence-corrected chi connectivity index (χ0v) is 16.7. The van der Waals surface area contributed by atoms with Gasteiger partial charge in [-0.2, -0.15) is 5.10 Å². The van der Waals surface area contributed by atoms with Crippen molar-refractivity contribution >= 4 is 23.0 Å². The molecule has 0 saturated heterocycles. The number of pyridine rings is 1. The van der Waals surface area contributed by atoms with Crippen LogP contribution in [0.2, 0.25) is 0 Å². The van der Waals surface area contributed by atoms with Crippen LogP contribution in [0.4, 0.5) is 0 Å². The number of nitrogens with one attached hydrogen (secondary N) is 1. The van der Waals surface area contributed by atoms with Crippen molar-refractivity contribution in [2.75, 3.05) is 0 Å². The van der Waals surface area contributed by atoms with Gasteiger partial charge < -0.3 is 4.57 Å². The van der Waals surface area contributed by atoms with E-state index >= 15 is 0 Å². The summed E-state index contributed by atoms with van der Waals surface area (Å²) in [5.74, 6) is -0.270. The lowest BCUT2D eigenvalue weighted by Crippen LogP contribution is -2.19. The molecular weight excluding hydrogens is 360 g/mol. The summed E-state index contributed by atoms with van der Waals surface area (Å²) in [6.45, 7) is 5.93. The van der Waals surface area contributed by atoms with Crippen molar-refractivity contribution in [3.8, 4) is 5.69 Å². The number of carbonyl (C=O) groups is 1. The van der Waals surface area contributed by atoms with Crippen LogP contribution in [0, 0.1) is 20.8 Å². The first kappa shape index (κ1) is 18.6. The van der Waals surface area contributed by atoms with Gasteiger partial charge in [0.2, 0.25) is 0 Å². The van der Waals surface area contributed by atoms with Crippen LogP contribution in [-0.4, -0.2) is 21.7 Å². The summed E-state index contributed by atoms with van der Waals surface area (Å²) in [6, 6.07) is 21.8. The fourth-order valence-corrected chi connectivity index (χ4v) is 3.56. The number of rotatable bonds is 4. The Labute approximate surface area is 169 Å². The van der Waals surface area contributed by atoms with Crippen LogP contribution in [0.25, 0.3) is 16.6 Å². The monoisotopic (exact) mass is 382 g/mol. The number of para-hydroxylation sites is 2. The van der Waals surface area contributed by atoms with Crippen molar-refractivity contribution in [3.05, 3.63) is 94.9 Å². The van der Waals surface area contributed by atoms with Gasteiger partial charge in [0, 0.05) is 28.0 Å². The molecule has 144 valence electrons. The number of benzene rings is 2. The quantitative estimate of drug-likeness (QED) is 0.410. The van der Waals surface area contributed by atoms with Crippen molar-refractivity contribution in [2.24, 2.45) is 5.10 Å². The molecule has 0 unspecified atom stereocenters. The first-order valence-electron chi connectivity index (χ1n) is 9.49. The maximum atomic E-state index is 12.6. The number of fused-ring (bicyclic) bond motifs is 1. The number of nitrogens with zero attached hydrogens (tertiary/aromatic N) is 3. The third kappa shape index (κ3) is 3.67. The minimum Gasteiger partial charge on any atom is -0.318 e. The van der Waals surface area contributed by atoms with E-state index in [2.05, 4.69) is 45.2 Å². The van der Waals surface area contributed by atoms with E-state index in [1.807, 2.05) is 62.4 Å². The predicted octanol–water partition coefficient (Wildman–Crippen LogP) is 4.71. The van der Waals surface area contributed by atoms with Crippen molar-refractivity contribution in [1.29, 1.82) is 0 Å². The summed E-state index contributed by atoms with van der Waals surface area (Å²) in [7, 11) is 0. The Hall–Kier alpha value is -3.73. The van der Waals surface area contributed by atoms with Crippen LogP contribution >= 0.6 is 0 Å². The summed E-state index contributed by atoms with van der Waals surface area (Å²) < 4.78 is 2.17. The average Bonchev–Trinajstić information content (AvgIpc) is 3.01. The second-order valence-corrected chi connectivity index (χ2v) is 7.01. The molecule has 4 aromatic rings. The Balaban J connectivity index is 1.55. The molecule has 0 atom stereocenters. The largest absolute Gasteiger partial charge is 0.318 e. The summed E-state index contributed by atoms with van der Waals surface area (Å²) in [5, 5.41) is 5.11. The highest BCUT2D eigenvalue weighted by Crippen LogP contribution is 2.19. The highest BCUT2D eigenvalue weighted by atomic mass is 16.2. The second kappa shape index (κ2) is 7.72. The van der Waals surface area contributed by atoms with E-state index in [4.69, 9.17) is 0 Å². The molecule has 5 nitrogen and oxygen atoms in total. The highest BCUT2D eigenvalue weighted by molar-refractivity contribution is 5.99. The number of hydrogen-bond acceptors (Lipinski definition) is 3. The third-order valence-electron chi connectivity index (χ3n) is 5.01. The number of aryl methyl sites for hydroxylation is 2. The fourth-order valence-electron chi connectivity index (χ4n) is 3.56. The Morgan fingerprint density at radius 3 is 2.52 bits per heavy atom. The number of hydrogen-bond donors (Lipinski definition) is 1.